The number of rotatable bonds is 43. The molecule has 0 heterocycles. The molecule has 0 aliphatic rings. The van der Waals surface area contributed by atoms with Crippen LogP contribution in [0, 0.1) is 0 Å². The zero-order chi connectivity index (χ0) is 41.5. The van der Waals surface area contributed by atoms with Gasteiger partial charge in [-0.25, -0.2) is 0 Å². The molecule has 0 aromatic heterocycles. The van der Waals surface area contributed by atoms with E-state index in [1.54, 1.807) is 0 Å². The Balaban J connectivity index is 4.40. The molecule has 0 saturated carbocycles. The summed E-state index contributed by atoms with van der Waals surface area (Å²) < 4.78 is 16.7. The van der Waals surface area contributed by atoms with Gasteiger partial charge in [-0.1, -0.05) is 191 Å². The second-order valence-electron chi connectivity index (χ2n) is 16.0. The molecule has 6 heteroatoms. The molecule has 0 aliphatic carbocycles. The van der Waals surface area contributed by atoms with Gasteiger partial charge in [-0.15, -0.1) is 0 Å². The second-order valence-corrected chi connectivity index (χ2v) is 16.0. The molecule has 0 bridgehead atoms. The van der Waals surface area contributed by atoms with Gasteiger partial charge in [-0.05, 0) is 77.0 Å². The van der Waals surface area contributed by atoms with Crippen LogP contribution in [-0.2, 0) is 28.6 Å². The fraction of sp³-hybridized carbons (Fsp3) is 0.784. The van der Waals surface area contributed by atoms with E-state index >= 15 is 0 Å². The lowest BCUT2D eigenvalue weighted by Gasteiger charge is -2.18. The standard InChI is InChI=1S/C51H90O6/c1-4-7-10-13-16-19-22-24-25-27-29-32-35-38-41-44-50(53)56-47-48(46-55-49(52)43-40-37-34-31-28-21-18-15-12-9-6-3)57-51(54)45-42-39-36-33-30-26-23-20-17-14-11-8-5-2/h11,14,16,19-20,23-25,48H,4-10,12-13,15,17-18,21-22,26-47H2,1-3H3/b14-11-,19-16-,23-20-,25-24-. The Hall–Kier alpha value is -2.63. The minimum atomic E-state index is -0.782. The highest BCUT2D eigenvalue weighted by molar-refractivity contribution is 5.71. The Morgan fingerprint density at radius 2 is 0.667 bits per heavy atom. The molecule has 0 amide bonds. The zero-order valence-corrected chi connectivity index (χ0v) is 37.6. The van der Waals surface area contributed by atoms with Gasteiger partial charge in [0.25, 0.3) is 0 Å². The van der Waals surface area contributed by atoms with Crippen molar-refractivity contribution in [1.29, 1.82) is 0 Å². The first kappa shape index (κ1) is 54.4. The Morgan fingerprint density at radius 1 is 0.351 bits per heavy atom. The van der Waals surface area contributed by atoms with Crippen molar-refractivity contribution < 1.29 is 28.6 Å². The normalized spacial score (nSPS) is 12.4. The first-order chi connectivity index (χ1) is 28.0. The van der Waals surface area contributed by atoms with Gasteiger partial charge in [0.2, 0.25) is 0 Å². The Bertz CT molecular complexity index is 1010. The maximum absolute atomic E-state index is 12.7. The summed E-state index contributed by atoms with van der Waals surface area (Å²) in [5, 5.41) is 0. The fourth-order valence-electron chi connectivity index (χ4n) is 6.63. The van der Waals surface area contributed by atoms with E-state index < -0.39 is 6.10 Å². The number of ether oxygens (including phenoxy) is 3. The molecule has 0 saturated heterocycles. The molecule has 330 valence electrons. The molecular weight excluding hydrogens is 709 g/mol. The highest BCUT2D eigenvalue weighted by Gasteiger charge is 2.19. The van der Waals surface area contributed by atoms with Crippen LogP contribution >= 0.6 is 0 Å². The van der Waals surface area contributed by atoms with Gasteiger partial charge in [-0.3, -0.25) is 14.4 Å². The van der Waals surface area contributed by atoms with Crippen molar-refractivity contribution in [2.45, 2.75) is 245 Å². The molecule has 0 radical (unpaired) electrons. The molecule has 6 nitrogen and oxygen atoms in total. The van der Waals surface area contributed by atoms with E-state index in [0.29, 0.717) is 19.3 Å². The minimum absolute atomic E-state index is 0.0819. The lowest BCUT2D eigenvalue weighted by atomic mass is 10.1. The fourth-order valence-corrected chi connectivity index (χ4v) is 6.63. The third-order valence-electron chi connectivity index (χ3n) is 10.3. The van der Waals surface area contributed by atoms with Crippen molar-refractivity contribution in [2.24, 2.45) is 0 Å². The van der Waals surface area contributed by atoms with Crippen LogP contribution in [0.4, 0.5) is 0 Å². The molecule has 0 aromatic rings. The van der Waals surface area contributed by atoms with Crippen LogP contribution in [0.5, 0.6) is 0 Å². The lowest BCUT2D eigenvalue weighted by molar-refractivity contribution is -0.167. The molecule has 0 aromatic carbocycles. The highest BCUT2D eigenvalue weighted by Crippen LogP contribution is 2.14. The Labute approximate surface area is 352 Å². The highest BCUT2D eigenvalue weighted by atomic mass is 16.6. The van der Waals surface area contributed by atoms with Gasteiger partial charge in [0.1, 0.15) is 13.2 Å². The summed E-state index contributed by atoms with van der Waals surface area (Å²) in [6, 6.07) is 0. The largest absolute Gasteiger partial charge is 0.462 e. The van der Waals surface area contributed by atoms with E-state index in [4.69, 9.17) is 14.2 Å². The predicted octanol–water partition coefficient (Wildman–Crippen LogP) is 15.5. The maximum Gasteiger partial charge on any atom is 0.306 e. The number of carbonyl (C=O) groups excluding carboxylic acids is 3. The van der Waals surface area contributed by atoms with Crippen molar-refractivity contribution in [3.05, 3.63) is 48.6 Å². The van der Waals surface area contributed by atoms with Crippen LogP contribution in [-0.4, -0.2) is 37.2 Å². The lowest BCUT2D eigenvalue weighted by Crippen LogP contribution is -2.30. The van der Waals surface area contributed by atoms with Crippen LogP contribution in [0.3, 0.4) is 0 Å². The van der Waals surface area contributed by atoms with Gasteiger partial charge in [0.15, 0.2) is 6.10 Å². The SMILES string of the molecule is CCC/C=C\C/C=C\CCCCCCCC(=O)OC(COC(=O)CCCCCCC/C=C\C/C=C\CCCCC)COC(=O)CCCCCCCCCCCCC. The molecule has 0 aliphatic heterocycles. The smallest absolute Gasteiger partial charge is 0.306 e. The molecule has 57 heavy (non-hydrogen) atoms. The van der Waals surface area contributed by atoms with Gasteiger partial charge in [0.05, 0.1) is 0 Å². The van der Waals surface area contributed by atoms with Crippen LogP contribution < -0.4 is 0 Å². The summed E-state index contributed by atoms with van der Waals surface area (Å²) >= 11 is 0. The third-order valence-corrected chi connectivity index (χ3v) is 10.3. The number of allylic oxidation sites excluding steroid dienone is 8. The second kappa shape index (κ2) is 46.1. The molecule has 0 fully saturated rings. The van der Waals surface area contributed by atoms with E-state index in [1.807, 2.05) is 0 Å². The zero-order valence-electron chi connectivity index (χ0n) is 37.6. The monoisotopic (exact) mass is 799 g/mol. The molecule has 0 rings (SSSR count). The topological polar surface area (TPSA) is 78.9 Å². The van der Waals surface area contributed by atoms with Gasteiger partial charge in [0, 0.05) is 19.3 Å². The van der Waals surface area contributed by atoms with Gasteiger partial charge in [-0.2, -0.15) is 0 Å². The van der Waals surface area contributed by atoms with Crippen LogP contribution in [0.25, 0.3) is 0 Å². The van der Waals surface area contributed by atoms with Crippen molar-refractivity contribution in [3.8, 4) is 0 Å². The van der Waals surface area contributed by atoms with E-state index in [0.717, 1.165) is 109 Å². The average molecular weight is 799 g/mol. The van der Waals surface area contributed by atoms with Crippen molar-refractivity contribution >= 4 is 17.9 Å². The molecule has 1 atom stereocenters. The average Bonchev–Trinajstić information content (AvgIpc) is 3.21. The van der Waals surface area contributed by atoms with Crippen LogP contribution in [0.15, 0.2) is 48.6 Å². The molecule has 0 spiro atoms. The summed E-state index contributed by atoms with van der Waals surface area (Å²) in [5.41, 5.74) is 0. The molecule has 1 unspecified atom stereocenters. The number of carbonyl (C=O) groups is 3. The predicted molar refractivity (Wildman–Crippen MR) is 242 cm³/mol. The van der Waals surface area contributed by atoms with E-state index in [1.165, 1.54) is 89.9 Å². The van der Waals surface area contributed by atoms with E-state index in [9.17, 15) is 14.4 Å². The van der Waals surface area contributed by atoms with Crippen molar-refractivity contribution in [1.82, 2.24) is 0 Å². The summed E-state index contributed by atoms with van der Waals surface area (Å²) in [5.74, 6) is -0.909. The summed E-state index contributed by atoms with van der Waals surface area (Å²) in [7, 11) is 0. The first-order valence-corrected chi connectivity index (χ1v) is 24.1. The molecular formula is C51H90O6. The quantitative estimate of drug-likeness (QED) is 0.0265. The Morgan fingerprint density at radius 3 is 1.07 bits per heavy atom. The number of hydrogen-bond donors (Lipinski definition) is 0. The summed E-state index contributed by atoms with van der Waals surface area (Å²) in [4.78, 5) is 37.8. The van der Waals surface area contributed by atoms with Crippen LogP contribution in [0.2, 0.25) is 0 Å². The Kier molecular flexibility index (Phi) is 43.9. The van der Waals surface area contributed by atoms with E-state index in [-0.39, 0.29) is 31.1 Å². The van der Waals surface area contributed by atoms with Crippen LogP contribution in [0.1, 0.15) is 239 Å². The van der Waals surface area contributed by atoms with Crippen molar-refractivity contribution in [2.75, 3.05) is 13.2 Å². The van der Waals surface area contributed by atoms with Crippen molar-refractivity contribution in [3.63, 3.8) is 0 Å². The molecule has 0 N–H and O–H groups in total. The summed E-state index contributed by atoms with van der Waals surface area (Å²) in [6.07, 6.45) is 53.7. The van der Waals surface area contributed by atoms with Gasteiger partial charge < -0.3 is 14.2 Å². The van der Waals surface area contributed by atoms with Gasteiger partial charge >= 0.3 is 17.9 Å². The number of unbranched alkanes of at least 4 members (excludes halogenated alkanes) is 24. The summed E-state index contributed by atoms with van der Waals surface area (Å²) in [6.45, 7) is 6.51. The first-order valence-electron chi connectivity index (χ1n) is 24.1. The maximum atomic E-state index is 12.7. The number of hydrogen-bond acceptors (Lipinski definition) is 6. The van der Waals surface area contributed by atoms with E-state index in [2.05, 4.69) is 69.4 Å². The number of esters is 3. The third kappa shape index (κ3) is 44.3. The minimum Gasteiger partial charge on any atom is -0.462 e.